The first kappa shape index (κ1) is 9.90. The molecule has 2 heterocycles. The van der Waals surface area contributed by atoms with Gasteiger partial charge in [0.1, 0.15) is 0 Å². The van der Waals surface area contributed by atoms with E-state index in [9.17, 15) is 0 Å². The molecule has 0 aromatic heterocycles. The quantitative estimate of drug-likeness (QED) is 0.671. The van der Waals surface area contributed by atoms with Crippen molar-refractivity contribution in [3.63, 3.8) is 0 Å². The molecule has 0 amide bonds. The SMILES string of the molecule is CC[C@]12CC(C3CCC4OC4C3)CCC1O2. The molecule has 2 aliphatic heterocycles. The molecule has 0 aromatic rings. The first-order chi connectivity index (χ1) is 7.81. The van der Waals surface area contributed by atoms with Gasteiger partial charge >= 0.3 is 0 Å². The Kier molecular flexibility index (Phi) is 2.00. The van der Waals surface area contributed by atoms with Crippen LogP contribution >= 0.6 is 0 Å². The second-order valence-corrected chi connectivity index (χ2v) is 6.35. The minimum Gasteiger partial charge on any atom is -0.370 e. The fourth-order valence-electron chi connectivity index (χ4n) is 4.38. The van der Waals surface area contributed by atoms with E-state index < -0.39 is 0 Å². The normalized spacial score (nSPS) is 58.7. The van der Waals surface area contributed by atoms with E-state index in [1.165, 1.54) is 44.9 Å². The highest BCUT2D eigenvalue weighted by Gasteiger charge is 2.59. The third-order valence-electron chi connectivity index (χ3n) is 5.62. The highest BCUT2D eigenvalue weighted by atomic mass is 16.6. The molecule has 2 saturated carbocycles. The average molecular weight is 222 g/mol. The van der Waals surface area contributed by atoms with E-state index in [0.29, 0.717) is 23.9 Å². The first-order valence-corrected chi connectivity index (χ1v) is 7.14. The van der Waals surface area contributed by atoms with E-state index in [0.717, 1.165) is 11.8 Å². The van der Waals surface area contributed by atoms with Gasteiger partial charge in [-0.05, 0) is 56.8 Å². The van der Waals surface area contributed by atoms with Gasteiger partial charge in [-0.2, -0.15) is 0 Å². The van der Waals surface area contributed by atoms with Crippen LogP contribution in [0.15, 0.2) is 0 Å². The number of hydrogen-bond donors (Lipinski definition) is 0. The van der Waals surface area contributed by atoms with Crippen molar-refractivity contribution in [2.75, 3.05) is 0 Å². The van der Waals surface area contributed by atoms with Crippen molar-refractivity contribution in [3.8, 4) is 0 Å². The number of ether oxygens (including phenoxy) is 2. The van der Waals surface area contributed by atoms with Crippen LogP contribution in [0.2, 0.25) is 0 Å². The van der Waals surface area contributed by atoms with Crippen molar-refractivity contribution in [2.45, 2.75) is 75.8 Å². The van der Waals surface area contributed by atoms with Crippen LogP contribution in [0.5, 0.6) is 0 Å². The number of epoxide rings is 2. The summed E-state index contributed by atoms with van der Waals surface area (Å²) >= 11 is 0. The summed E-state index contributed by atoms with van der Waals surface area (Å²) in [5, 5.41) is 0. The van der Waals surface area contributed by atoms with Crippen LogP contribution in [0.4, 0.5) is 0 Å². The first-order valence-electron chi connectivity index (χ1n) is 7.14. The molecular weight excluding hydrogens is 200 g/mol. The molecule has 6 atom stereocenters. The third-order valence-corrected chi connectivity index (χ3v) is 5.62. The Hall–Kier alpha value is -0.0800. The van der Waals surface area contributed by atoms with Crippen molar-refractivity contribution < 1.29 is 9.47 Å². The zero-order valence-electron chi connectivity index (χ0n) is 10.2. The molecule has 0 radical (unpaired) electrons. The summed E-state index contributed by atoms with van der Waals surface area (Å²) in [4.78, 5) is 0. The second kappa shape index (κ2) is 3.23. The summed E-state index contributed by atoms with van der Waals surface area (Å²) in [5.74, 6) is 1.88. The van der Waals surface area contributed by atoms with Crippen LogP contribution in [-0.2, 0) is 9.47 Å². The number of fused-ring (bicyclic) bond motifs is 2. The Morgan fingerprint density at radius 3 is 2.75 bits per heavy atom. The zero-order chi connectivity index (χ0) is 10.8. The van der Waals surface area contributed by atoms with Crippen LogP contribution in [0.25, 0.3) is 0 Å². The van der Waals surface area contributed by atoms with E-state index in [4.69, 9.17) is 9.47 Å². The molecule has 2 nitrogen and oxygen atoms in total. The zero-order valence-corrected chi connectivity index (χ0v) is 10.2. The maximum Gasteiger partial charge on any atom is 0.0948 e. The third kappa shape index (κ3) is 1.39. The molecule has 90 valence electrons. The van der Waals surface area contributed by atoms with Crippen LogP contribution in [0.1, 0.15) is 51.9 Å². The van der Waals surface area contributed by atoms with E-state index in [-0.39, 0.29) is 0 Å². The van der Waals surface area contributed by atoms with Gasteiger partial charge in [-0.25, -0.2) is 0 Å². The summed E-state index contributed by atoms with van der Waals surface area (Å²) in [6.45, 7) is 2.29. The van der Waals surface area contributed by atoms with Gasteiger partial charge in [-0.1, -0.05) is 6.92 Å². The highest BCUT2D eigenvalue weighted by Crippen LogP contribution is 2.55. The maximum absolute atomic E-state index is 5.94. The molecule has 2 aliphatic carbocycles. The molecule has 0 N–H and O–H groups in total. The Labute approximate surface area is 97.7 Å². The highest BCUT2D eigenvalue weighted by molar-refractivity contribution is 5.07. The predicted molar refractivity (Wildman–Crippen MR) is 61.2 cm³/mol. The van der Waals surface area contributed by atoms with Gasteiger partial charge < -0.3 is 9.47 Å². The molecule has 0 spiro atoms. The largest absolute Gasteiger partial charge is 0.370 e. The molecule has 5 unspecified atom stereocenters. The van der Waals surface area contributed by atoms with Gasteiger partial charge in [-0.15, -0.1) is 0 Å². The molecule has 4 fully saturated rings. The van der Waals surface area contributed by atoms with E-state index in [1.54, 1.807) is 0 Å². The Bertz CT molecular complexity index is 303. The molecule has 0 bridgehead atoms. The molecule has 2 saturated heterocycles. The number of hydrogen-bond acceptors (Lipinski definition) is 2. The van der Waals surface area contributed by atoms with Crippen LogP contribution in [0, 0.1) is 11.8 Å². The van der Waals surface area contributed by atoms with Gasteiger partial charge in [0.2, 0.25) is 0 Å². The van der Waals surface area contributed by atoms with Crippen LogP contribution in [-0.4, -0.2) is 23.9 Å². The molecule has 4 rings (SSSR count). The summed E-state index contributed by atoms with van der Waals surface area (Å²) < 4.78 is 11.6. The van der Waals surface area contributed by atoms with Crippen LogP contribution in [0.3, 0.4) is 0 Å². The fraction of sp³-hybridized carbons (Fsp3) is 1.00. The summed E-state index contributed by atoms with van der Waals surface area (Å²) in [6.07, 6.45) is 11.3. The van der Waals surface area contributed by atoms with Crippen molar-refractivity contribution in [3.05, 3.63) is 0 Å². The number of rotatable bonds is 2. The van der Waals surface area contributed by atoms with Gasteiger partial charge in [0, 0.05) is 0 Å². The average Bonchev–Trinajstić information content (AvgIpc) is 3.21. The lowest BCUT2D eigenvalue weighted by Gasteiger charge is -2.33. The van der Waals surface area contributed by atoms with E-state index >= 15 is 0 Å². The summed E-state index contributed by atoms with van der Waals surface area (Å²) in [6, 6.07) is 0. The van der Waals surface area contributed by atoms with Gasteiger partial charge in [0.25, 0.3) is 0 Å². The van der Waals surface area contributed by atoms with Crippen molar-refractivity contribution >= 4 is 0 Å². The topological polar surface area (TPSA) is 25.1 Å². The molecule has 2 heteroatoms. The molecular formula is C14H22O2. The fourth-order valence-corrected chi connectivity index (χ4v) is 4.38. The van der Waals surface area contributed by atoms with Gasteiger partial charge in [-0.3, -0.25) is 0 Å². The lowest BCUT2D eigenvalue weighted by molar-refractivity contribution is 0.174. The minimum absolute atomic E-state index is 0.324. The van der Waals surface area contributed by atoms with Gasteiger partial charge in [0.15, 0.2) is 0 Å². The molecule has 0 aromatic carbocycles. The smallest absolute Gasteiger partial charge is 0.0948 e. The summed E-state index contributed by atoms with van der Waals surface area (Å²) in [7, 11) is 0. The van der Waals surface area contributed by atoms with E-state index in [2.05, 4.69) is 6.92 Å². The Morgan fingerprint density at radius 1 is 1.06 bits per heavy atom. The second-order valence-electron chi connectivity index (χ2n) is 6.35. The van der Waals surface area contributed by atoms with Crippen LogP contribution < -0.4 is 0 Å². The Balaban J connectivity index is 1.43. The maximum atomic E-state index is 5.94. The van der Waals surface area contributed by atoms with Crippen molar-refractivity contribution in [2.24, 2.45) is 11.8 Å². The van der Waals surface area contributed by atoms with Crippen molar-refractivity contribution in [1.82, 2.24) is 0 Å². The summed E-state index contributed by atoms with van der Waals surface area (Å²) in [5.41, 5.74) is 0.324. The van der Waals surface area contributed by atoms with Crippen molar-refractivity contribution in [1.29, 1.82) is 0 Å². The predicted octanol–water partition coefficient (Wildman–Crippen LogP) is 2.90. The monoisotopic (exact) mass is 222 g/mol. The Morgan fingerprint density at radius 2 is 1.94 bits per heavy atom. The molecule has 16 heavy (non-hydrogen) atoms. The lowest BCUT2D eigenvalue weighted by atomic mass is 9.70. The van der Waals surface area contributed by atoms with Gasteiger partial charge in [0.05, 0.1) is 23.9 Å². The molecule has 4 aliphatic rings. The minimum atomic E-state index is 0.324. The lowest BCUT2D eigenvalue weighted by Crippen LogP contribution is -2.31. The van der Waals surface area contributed by atoms with E-state index in [1.807, 2.05) is 0 Å². The standard InChI is InChI=1S/C14H22O2/c1-2-14-8-10(4-6-13(14)16-14)9-3-5-11-12(7-9)15-11/h9-13H,2-8H2,1H3/t9?,10?,11?,12?,13?,14-/m0/s1.